The van der Waals surface area contributed by atoms with Gasteiger partial charge in [0.05, 0.1) is 19.2 Å². The highest BCUT2D eigenvalue weighted by atomic mass is 19.4. The third-order valence-electron chi connectivity index (χ3n) is 2.48. The standard InChI is InChI=1S/C13H11F4NO2/c1-3-6-18-11(12(19)20-2)9-5-4-8(14)7-10(9)13(15,16)17/h1,4-5,7,11,18H,6H2,2H3. The van der Waals surface area contributed by atoms with Crippen molar-refractivity contribution >= 4 is 5.97 Å². The van der Waals surface area contributed by atoms with Crippen LogP contribution in [0, 0.1) is 18.2 Å². The molecule has 0 amide bonds. The van der Waals surface area contributed by atoms with E-state index < -0.39 is 35.1 Å². The van der Waals surface area contributed by atoms with Crippen molar-refractivity contribution in [2.45, 2.75) is 12.2 Å². The van der Waals surface area contributed by atoms with Crippen molar-refractivity contribution in [3.63, 3.8) is 0 Å². The van der Waals surface area contributed by atoms with Gasteiger partial charge < -0.3 is 4.74 Å². The van der Waals surface area contributed by atoms with Crippen LogP contribution in [0.4, 0.5) is 17.6 Å². The maximum atomic E-state index is 13.0. The zero-order chi connectivity index (χ0) is 15.3. The molecule has 0 fully saturated rings. The lowest BCUT2D eigenvalue weighted by Crippen LogP contribution is -2.32. The van der Waals surface area contributed by atoms with Crippen LogP contribution in [-0.2, 0) is 15.7 Å². The van der Waals surface area contributed by atoms with Gasteiger partial charge in [-0.1, -0.05) is 12.0 Å². The number of carbonyl (C=O) groups excluding carboxylic acids is 1. The van der Waals surface area contributed by atoms with Crippen molar-refractivity contribution in [1.29, 1.82) is 0 Å². The predicted molar refractivity (Wildman–Crippen MR) is 63.0 cm³/mol. The van der Waals surface area contributed by atoms with Crippen LogP contribution in [-0.4, -0.2) is 19.6 Å². The number of rotatable bonds is 4. The van der Waals surface area contributed by atoms with Crippen molar-refractivity contribution < 1.29 is 27.1 Å². The molecule has 3 nitrogen and oxygen atoms in total. The number of nitrogens with one attached hydrogen (secondary N) is 1. The molecule has 1 N–H and O–H groups in total. The van der Waals surface area contributed by atoms with Crippen LogP contribution in [0.5, 0.6) is 0 Å². The maximum absolute atomic E-state index is 13.0. The second kappa shape index (κ2) is 6.39. The second-order valence-corrected chi connectivity index (χ2v) is 3.77. The predicted octanol–water partition coefficient (Wildman–Crippen LogP) is 2.28. The van der Waals surface area contributed by atoms with Gasteiger partial charge in [-0.25, -0.2) is 9.18 Å². The van der Waals surface area contributed by atoms with Crippen LogP contribution in [0.15, 0.2) is 18.2 Å². The molecule has 0 saturated carbocycles. The summed E-state index contributed by atoms with van der Waals surface area (Å²) in [6.07, 6.45) is 0.194. The number of hydrogen-bond donors (Lipinski definition) is 1. The third kappa shape index (κ3) is 3.71. The lowest BCUT2D eigenvalue weighted by atomic mass is 9.99. The fourth-order valence-electron chi connectivity index (χ4n) is 1.62. The highest BCUT2D eigenvalue weighted by Crippen LogP contribution is 2.35. The number of alkyl halides is 3. The number of methoxy groups -OCH3 is 1. The Morgan fingerprint density at radius 1 is 1.50 bits per heavy atom. The molecule has 7 heteroatoms. The second-order valence-electron chi connectivity index (χ2n) is 3.77. The van der Waals surface area contributed by atoms with Gasteiger partial charge >= 0.3 is 12.1 Å². The largest absolute Gasteiger partial charge is 0.468 e. The van der Waals surface area contributed by atoms with Crippen LogP contribution >= 0.6 is 0 Å². The molecule has 0 radical (unpaired) electrons. The van der Waals surface area contributed by atoms with Gasteiger partial charge in [-0.15, -0.1) is 6.42 Å². The van der Waals surface area contributed by atoms with E-state index in [1.54, 1.807) is 0 Å². The smallest absolute Gasteiger partial charge is 0.416 e. The van der Waals surface area contributed by atoms with Crippen LogP contribution in [0.3, 0.4) is 0 Å². The molecule has 0 aliphatic rings. The molecule has 0 spiro atoms. The number of ether oxygens (including phenoxy) is 1. The quantitative estimate of drug-likeness (QED) is 0.525. The van der Waals surface area contributed by atoms with E-state index in [0.29, 0.717) is 6.07 Å². The van der Waals surface area contributed by atoms with Crippen molar-refractivity contribution in [2.24, 2.45) is 0 Å². The molecule has 1 unspecified atom stereocenters. The van der Waals surface area contributed by atoms with Gasteiger partial charge in [0.2, 0.25) is 0 Å². The minimum absolute atomic E-state index is 0.144. The van der Waals surface area contributed by atoms with E-state index in [0.717, 1.165) is 19.2 Å². The maximum Gasteiger partial charge on any atom is 0.416 e. The first-order valence-corrected chi connectivity index (χ1v) is 5.42. The van der Waals surface area contributed by atoms with Gasteiger partial charge in [0.25, 0.3) is 0 Å². The molecule has 108 valence electrons. The summed E-state index contributed by atoms with van der Waals surface area (Å²) in [6.45, 7) is -0.144. The van der Waals surface area contributed by atoms with E-state index in [4.69, 9.17) is 6.42 Å². The Bertz CT molecular complexity index is 534. The minimum Gasteiger partial charge on any atom is -0.468 e. The van der Waals surface area contributed by atoms with E-state index in [2.05, 4.69) is 16.0 Å². The summed E-state index contributed by atoms with van der Waals surface area (Å²) < 4.78 is 56.1. The van der Waals surface area contributed by atoms with E-state index in [9.17, 15) is 22.4 Å². The highest BCUT2D eigenvalue weighted by Gasteiger charge is 2.37. The summed E-state index contributed by atoms with van der Waals surface area (Å²) >= 11 is 0. The summed E-state index contributed by atoms with van der Waals surface area (Å²) in [4.78, 5) is 11.6. The molecule has 1 aromatic carbocycles. The van der Waals surface area contributed by atoms with Crippen molar-refractivity contribution in [3.8, 4) is 12.3 Å². The third-order valence-corrected chi connectivity index (χ3v) is 2.48. The molecule has 0 heterocycles. The Kier molecular flexibility index (Phi) is 5.11. The summed E-state index contributed by atoms with van der Waals surface area (Å²) in [6, 6.07) is 0.609. The minimum atomic E-state index is -4.80. The normalized spacial score (nSPS) is 12.6. The topological polar surface area (TPSA) is 38.3 Å². The monoisotopic (exact) mass is 289 g/mol. The molecular formula is C13H11F4NO2. The molecule has 0 aliphatic heterocycles. The number of hydrogen-bond acceptors (Lipinski definition) is 3. The average Bonchev–Trinajstić information content (AvgIpc) is 2.38. The number of terminal acetylenes is 1. The van der Waals surface area contributed by atoms with Gasteiger partial charge in [0, 0.05) is 0 Å². The Hall–Kier alpha value is -2.07. The fourth-order valence-corrected chi connectivity index (χ4v) is 1.62. The van der Waals surface area contributed by atoms with Gasteiger partial charge in [-0.3, -0.25) is 5.32 Å². The van der Waals surface area contributed by atoms with E-state index in [-0.39, 0.29) is 6.54 Å². The number of esters is 1. The first kappa shape index (κ1) is 16.0. The number of halogens is 4. The molecule has 0 aromatic heterocycles. The molecule has 1 aromatic rings. The Labute approximate surface area is 112 Å². The van der Waals surface area contributed by atoms with E-state index >= 15 is 0 Å². The Morgan fingerprint density at radius 2 is 2.15 bits per heavy atom. The molecular weight excluding hydrogens is 278 g/mol. The van der Waals surface area contributed by atoms with Crippen molar-refractivity contribution in [3.05, 3.63) is 35.1 Å². The molecule has 0 saturated heterocycles. The summed E-state index contributed by atoms with van der Waals surface area (Å²) in [5.74, 6) is 0.141. The van der Waals surface area contributed by atoms with Crippen molar-refractivity contribution in [1.82, 2.24) is 5.32 Å². The zero-order valence-electron chi connectivity index (χ0n) is 10.4. The summed E-state index contributed by atoms with van der Waals surface area (Å²) in [5, 5.41) is 2.44. The number of benzene rings is 1. The molecule has 1 rings (SSSR count). The van der Waals surface area contributed by atoms with Crippen LogP contribution in [0.25, 0.3) is 0 Å². The fraction of sp³-hybridized carbons (Fsp3) is 0.308. The summed E-state index contributed by atoms with van der Waals surface area (Å²) in [5.41, 5.74) is -1.70. The number of carbonyl (C=O) groups is 1. The summed E-state index contributed by atoms with van der Waals surface area (Å²) in [7, 11) is 1.03. The van der Waals surface area contributed by atoms with Crippen LogP contribution in [0.2, 0.25) is 0 Å². The van der Waals surface area contributed by atoms with E-state index in [1.807, 2.05) is 0 Å². The molecule has 20 heavy (non-hydrogen) atoms. The highest BCUT2D eigenvalue weighted by molar-refractivity contribution is 5.78. The Morgan fingerprint density at radius 3 is 2.65 bits per heavy atom. The first-order chi connectivity index (χ1) is 9.31. The van der Waals surface area contributed by atoms with E-state index in [1.165, 1.54) is 0 Å². The van der Waals surface area contributed by atoms with Crippen LogP contribution < -0.4 is 5.32 Å². The average molecular weight is 289 g/mol. The SMILES string of the molecule is C#CCNC(C(=O)OC)c1ccc(F)cc1C(F)(F)F. The van der Waals surface area contributed by atoms with Gasteiger partial charge in [0.1, 0.15) is 11.9 Å². The molecule has 0 bridgehead atoms. The Balaban J connectivity index is 3.32. The first-order valence-electron chi connectivity index (χ1n) is 5.42. The van der Waals surface area contributed by atoms with Crippen LogP contribution in [0.1, 0.15) is 17.2 Å². The zero-order valence-corrected chi connectivity index (χ0v) is 10.4. The van der Waals surface area contributed by atoms with Gasteiger partial charge in [0.15, 0.2) is 0 Å². The lowest BCUT2D eigenvalue weighted by molar-refractivity contribution is -0.145. The van der Waals surface area contributed by atoms with Gasteiger partial charge in [-0.05, 0) is 17.7 Å². The van der Waals surface area contributed by atoms with Crippen molar-refractivity contribution in [2.75, 3.05) is 13.7 Å². The van der Waals surface area contributed by atoms with Gasteiger partial charge in [-0.2, -0.15) is 13.2 Å². The molecule has 1 atom stereocenters. The molecule has 0 aliphatic carbocycles. The lowest BCUT2D eigenvalue weighted by Gasteiger charge is -2.20.